The maximum Gasteiger partial charge on any atom is 0.327 e. The minimum absolute atomic E-state index is 0.00107. The van der Waals surface area contributed by atoms with Gasteiger partial charge in [-0.1, -0.05) is 27.7 Å². The van der Waals surface area contributed by atoms with E-state index in [0.717, 1.165) is 5.75 Å². The largest absolute Gasteiger partial charge is 0.480 e. The molecule has 1 saturated heterocycles. The van der Waals surface area contributed by atoms with Crippen molar-refractivity contribution in [2.75, 3.05) is 24.6 Å². The van der Waals surface area contributed by atoms with Gasteiger partial charge in [-0.25, -0.2) is 9.59 Å². The molecule has 1 rings (SSSR count). The van der Waals surface area contributed by atoms with Gasteiger partial charge in [-0.2, -0.15) is 11.8 Å². The van der Waals surface area contributed by atoms with Crippen molar-refractivity contribution in [1.82, 2.24) is 10.2 Å². The monoisotopic (exact) mass is 288 g/mol. The Kier molecular flexibility index (Phi) is 5.52. The zero-order valence-corrected chi connectivity index (χ0v) is 12.9. The number of carbonyl (C=O) groups excluding carboxylic acids is 1. The molecule has 110 valence electrons. The number of amides is 2. The number of hydrogen-bond donors (Lipinski definition) is 2. The first-order valence-electron chi connectivity index (χ1n) is 6.60. The minimum atomic E-state index is -0.925. The summed E-state index contributed by atoms with van der Waals surface area (Å²) < 4.78 is 0. The lowest BCUT2D eigenvalue weighted by Gasteiger charge is -2.35. The molecule has 0 aliphatic carbocycles. The zero-order chi connectivity index (χ0) is 14.6. The Morgan fingerprint density at radius 1 is 1.47 bits per heavy atom. The number of thioether (sulfide) groups is 1. The summed E-state index contributed by atoms with van der Waals surface area (Å²) in [6.45, 7) is 9.47. The van der Waals surface area contributed by atoms with Gasteiger partial charge in [0.1, 0.15) is 6.04 Å². The third kappa shape index (κ3) is 4.30. The van der Waals surface area contributed by atoms with Crippen molar-refractivity contribution in [3.05, 3.63) is 0 Å². The van der Waals surface area contributed by atoms with E-state index in [9.17, 15) is 9.59 Å². The van der Waals surface area contributed by atoms with E-state index in [0.29, 0.717) is 24.8 Å². The molecule has 5 nitrogen and oxygen atoms in total. The number of carbonyl (C=O) groups is 2. The summed E-state index contributed by atoms with van der Waals surface area (Å²) in [7, 11) is 0. The normalized spacial score (nSPS) is 20.5. The van der Waals surface area contributed by atoms with Crippen LogP contribution in [0.1, 0.15) is 27.7 Å². The predicted molar refractivity (Wildman–Crippen MR) is 77.5 cm³/mol. The van der Waals surface area contributed by atoms with Crippen molar-refractivity contribution in [1.29, 1.82) is 0 Å². The average Bonchev–Trinajstić information content (AvgIpc) is 2.35. The van der Waals surface area contributed by atoms with Gasteiger partial charge in [0.2, 0.25) is 0 Å². The molecule has 6 heteroatoms. The summed E-state index contributed by atoms with van der Waals surface area (Å²) in [5.41, 5.74) is -0.00107. The summed E-state index contributed by atoms with van der Waals surface area (Å²) in [5, 5.41) is 12.0. The van der Waals surface area contributed by atoms with Crippen LogP contribution in [-0.4, -0.2) is 52.6 Å². The molecule has 2 amide bonds. The lowest BCUT2D eigenvalue weighted by molar-refractivity contribution is -0.141. The second-order valence-corrected chi connectivity index (χ2v) is 7.07. The fourth-order valence-corrected chi connectivity index (χ4v) is 2.70. The molecule has 1 unspecified atom stereocenters. The maximum atomic E-state index is 12.1. The first-order valence-corrected chi connectivity index (χ1v) is 7.76. The highest BCUT2D eigenvalue weighted by Crippen LogP contribution is 2.25. The van der Waals surface area contributed by atoms with Crippen LogP contribution in [0.25, 0.3) is 0 Å². The van der Waals surface area contributed by atoms with Crippen molar-refractivity contribution < 1.29 is 14.7 Å². The molecule has 0 aromatic rings. The summed E-state index contributed by atoms with van der Waals surface area (Å²) in [6.07, 6.45) is 0. The number of aliphatic carboxylic acids is 1. The predicted octanol–water partition coefficient (Wildman–Crippen LogP) is 1.88. The number of nitrogens with one attached hydrogen (secondary N) is 1. The number of nitrogens with zero attached hydrogens (tertiary/aromatic N) is 1. The molecule has 0 aromatic carbocycles. The van der Waals surface area contributed by atoms with Crippen LogP contribution >= 0.6 is 11.8 Å². The third-order valence-electron chi connectivity index (χ3n) is 3.93. The zero-order valence-electron chi connectivity index (χ0n) is 12.1. The molecule has 0 saturated carbocycles. The van der Waals surface area contributed by atoms with Crippen molar-refractivity contribution in [2.45, 2.75) is 33.7 Å². The van der Waals surface area contributed by atoms with Crippen molar-refractivity contribution in [3.63, 3.8) is 0 Å². The standard InChI is InChI=1S/C13H24N2O3S/c1-9(2)13(3,4)8-14-12(18)15-5-6-19-7-10(15)11(16)17/h9-10H,5-8H2,1-4H3,(H,14,18)(H,16,17). The molecular formula is C13H24N2O3S. The Balaban J connectivity index is 2.59. The molecule has 1 heterocycles. The van der Waals surface area contributed by atoms with Gasteiger partial charge in [0, 0.05) is 24.6 Å². The molecule has 1 atom stereocenters. The van der Waals surface area contributed by atoms with Crippen LogP contribution in [0.5, 0.6) is 0 Å². The summed E-state index contributed by atoms with van der Waals surface area (Å²) in [5.74, 6) is 0.784. The number of urea groups is 1. The number of hydrogen-bond acceptors (Lipinski definition) is 3. The first-order chi connectivity index (χ1) is 8.75. The highest BCUT2D eigenvalue weighted by Gasteiger charge is 2.33. The smallest absolute Gasteiger partial charge is 0.327 e. The van der Waals surface area contributed by atoms with Gasteiger partial charge in [-0.05, 0) is 11.3 Å². The Morgan fingerprint density at radius 2 is 2.11 bits per heavy atom. The van der Waals surface area contributed by atoms with Crippen molar-refractivity contribution >= 4 is 23.8 Å². The minimum Gasteiger partial charge on any atom is -0.480 e. The molecule has 1 aliphatic rings. The fraction of sp³-hybridized carbons (Fsp3) is 0.846. The summed E-state index contributed by atoms with van der Waals surface area (Å²) in [4.78, 5) is 24.7. The van der Waals surface area contributed by atoms with Crippen molar-refractivity contribution in [2.24, 2.45) is 11.3 Å². The van der Waals surface area contributed by atoms with Gasteiger partial charge >= 0.3 is 12.0 Å². The van der Waals surface area contributed by atoms with Crippen LogP contribution in [0.2, 0.25) is 0 Å². The maximum absolute atomic E-state index is 12.1. The Labute approximate surface area is 119 Å². The number of carboxylic acid groups (broad SMARTS) is 1. The van der Waals surface area contributed by atoms with Crippen molar-refractivity contribution in [3.8, 4) is 0 Å². The average molecular weight is 288 g/mol. The van der Waals surface area contributed by atoms with Crippen LogP contribution in [0, 0.1) is 11.3 Å². The Morgan fingerprint density at radius 3 is 2.63 bits per heavy atom. The van der Waals surface area contributed by atoms with E-state index >= 15 is 0 Å². The Hall–Kier alpha value is -0.910. The van der Waals surface area contributed by atoms with E-state index in [1.807, 2.05) is 0 Å². The van der Waals surface area contributed by atoms with Gasteiger partial charge in [-0.15, -0.1) is 0 Å². The molecule has 0 bridgehead atoms. The lowest BCUT2D eigenvalue weighted by Crippen LogP contribution is -2.55. The third-order valence-corrected chi connectivity index (χ3v) is 4.96. The van der Waals surface area contributed by atoms with Crippen LogP contribution in [-0.2, 0) is 4.79 Å². The lowest BCUT2D eigenvalue weighted by atomic mass is 9.81. The van der Waals surface area contributed by atoms with Crippen LogP contribution < -0.4 is 5.32 Å². The van der Waals surface area contributed by atoms with Gasteiger partial charge in [0.15, 0.2) is 0 Å². The molecule has 2 N–H and O–H groups in total. The van der Waals surface area contributed by atoms with E-state index in [1.165, 1.54) is 4.90 Å². The second-order valence-electron chi connectivity index (χ2n) is 5.92. The SMILES string of the molecule is CC(C)C(C)(C)CNC(=O)N1CCSCC1C(=O)O. The molecular weight excluding hydrogens is 264 g/mol. The molecule has 1 aliphatic heterocycles. The molecule has 1 fully saturated rings. The highest BCUT2D eigenvalue weighted by molar-refractivity contribution is 7.99. The Bertz CT molecular complexity index is 345. The molecule has 19 heavy (non-hydrogen) atoms. The van der Waals surface area contributed by atoms with E-state index < -0.39 is 12.0 Å². The second kappa shape index (κ2) is 6.50. The fourth-order valence-electron chi connectivity index (χ4n) is 1.66. The number of carboxylic acids is 1. The first kappa shape index (κ1) is 16.1. The van der Waals surface area contributed by atoms with Crippen LogP contribution in [0.4, 0.5) is 4.79 Å². The van der Waals surface area contributed by atoms with E-state index in [1.54, 1.807) is 11.8 Å². The highest BCUT2D eigenvalue weighted by atomic mass is 32.2. The van der Waals surface area contributed by atoms with E-state index in [-0.39, 0.29) is 11.4 Å². The van der Waals surface area contributed by atoms with E-state index in [2.05, 4.69) is 33.0 Å². The summed E-state index contributed by atoms with van der Waals surface area (Å²) in [6, 6.07) is -0.970. The van der Waals surface area contributed by atoms with Gasteiger partial charge in [0.25, 0.3) is 0 Å². The van der Waals surface area contributed by atoms with Crippen LogP contribution in [0.3, 0.4) is 0 Å². The quantitative estimate of drug-likeness (QED) is 0.828. The van der Waals surface area contributed by atoms with Crippen LogP contribution in [0.15, 0.2) is 0 Å². The molecule has 0 spiro atoms. The van der Waals surface area contributed by atoms with Gasteiger partial charge in [-0.3, -0.25) is 0 Å². The molecule has 0 radical (unpaired) electrons. The number of rotatable bonds is 4. The van der Waals surface area contributed by atoms with E-state index in [4.69, 9.17) is 5.11 Å². The topological polar surface area (TPSA) is 69.6 Å². The molecule has 0 aromatic heterocycles. The van der Waals surface area contributed by atoms with Gasteiger partial charge in [0.05, 0.1) is 0 Å². The van der Waals surface area contributed by atoms with Gasteiger partial charge < -0.3 is 15.3 Å². The summed E-state index contributed by atoms with van der Waals surface area (Å²) >= 11 is 1.58.